The van der Waals surface area contributed by atoms with Crippen LogP contribution in [0.5, 0.6) is 0 Å². The Hall–Kier alpha value is -2.78. The van der Waals surface area contributed by atoms with E-state index in [2.05, 4.69) is 9.95 Å². The molecule has 0 saturated carbocycles. The molecular weight excluding hydrogens is 386 g/mol. The molecular formula is C18H18N3O4S2+. The highest BCUT2D eigenvalue weighted by atomic mass is 32.2. The lowest BCUT2D eigenvalue weighted by molar-refractivity contribution is -0.470. The molecule has 0 aromatic heterocycles. The summed E-state index contributed by atoms with van der Waals surface area (Å²) in [5, 5.41) is 1.94. The topological polar surface area (TPSA) is 95.7 Å². The summed E-state index contributed by atoms with van der Waals surface area (Å²) in [4.78, 5) is 1.32. The van der Waals surface area contributed by atoms with E-state index >= 15 is 0 Å². The largest absolute Gasteiger partial charge is 0.307 e. The fourth-order valence-corrected chi connectivity index (χ4v) is 3.55. The fourth-order valence-electron chi connectivity index (χ4n) is 2.49. The first-order chi connectivity index (χ1) is 12.6. The van der Waals surface area contributed by atoms with Crippen LogP contribution >= 0.6 is 0 Å². The van der Waals surface area contributed by atoms with E-state index in [4.69, 9.17) is 0 Å². The number of rotatable bonds is 5. The van der Waals surface area contributed by atoms with Crippen LogP contribution < -0.4 is 5.43 Å². The van der Waals surface area contributed by atoms with Crippen molar-refractivity contribution in [3.05, 3.63) is 66.7 Å². The number of sulfonamides is 1. The lowest BCUT2D eigenvalue weighted by Crippen LogP contribution is -2.14. The van der Waals surface area contributed by atoms with Crippen molar-refractivity contribution in [2.75, 3.05) is 17.9 Å². The third-order valence-electron chi connectivity index (χ3n) is 3.73. The minimum Gasteiger partial charge on any atom is -0.224 e. The molecule has 3 aromatic carbocycles. The molecule has 9 heteroatoms. The van der Waals surface area contributed by atoms with Crippen molar-refractivity contribution in [1.82, 2.24) is 0 Å². The minimum atomic E-state index is -3.68. The molecule has 0 aliphatic heterocycles. The zero-order valence-corrected chi connectivity index (χ0v) is 16.3. The van der Waals surface area contributed by atoms with E-state index < -0.39 is 19.9 Å². The Balaban J connectivity index is 2.02. The summed E-state index contributed by atoms with van der Waals surface area (Å²) in [7, 11) is -7.00. The van der Waals surface area contributed by atoms with Gasteiger partial charge in [0, 0.05) is 23.2 Å². The number of hydrogen-bond donors (Lipinski definition) is 1. The van der Waals surface area contributed by atoms with Gasteiger partial charge in [-0.3, -0.25) is 0 Å². The van der Waals surface area contributed by atoms with Crippen LogP contribution in [0.4, 0.5) is 11.4 Å². The lowest BCUT2D eigenvalue weighted by Gasteiger charge is -2.04. The first-order valence-electron chi connectivity index (χ1n) is 7.90. The SMILES string of the molecule is CS(=O)(=O)/N=[N+](/Nc1ccc(S(C)(=O)=O)cc1)c1ccc2ccccc2c1. The molecule has 0 amide bonds. The lowest BCUT2D eigenvalue weighted by atomic mass is 10.1. The molecule has 0 aliphatic rings. The van der Waals surface area contributed by atoms with E-state index in [-0.39, 0.29) is 4.90 Å². The number of nitrogens with one attached hydrogen (secondary N) is 1. The second kappa shape index (κ2) is 7.09. The Morgan fingerprint density at radius 1 is 0.815 bits per heavy atom. The third kappa shape index (κ3) is 4.89. The molecule has 0 fully saturated rings. The molecule has 0 unspecified atom stereocenters. The molecule has 1 N–H and O–H groups in total. The second-order valence-corrected chi connectivity index (χ2v) is 9.71. The monoisotopic (exact) mass is 404 g/mol. The molecule has 3 rings (SSSR count). The van der Waals surface area contributed by atoms with Gasteiger partial charge in [-0.15, -0.1) is 5.43 Å². The van der Waals surface area contributed by atoms with E-state index in [0.717, 1.165) is 28.1 Å². The number of hydrogen-bond acceptors (Lipinski definition) is 4. The van der Waals surface area contributed by atoms with E-state index in [0.29, 0.717) is 11.4 Å². The van der Waals surface area contributed by atoms with Gasteiger partial charge in [0.15, 0.2) is 9.84 Å². The predicted molar refractivity (Wildman–Crippen MR) is 104 cm³/mol. The van der Waals surface area contributed by atoms with Crippen molar-refractivity contribution >= 4 is 42.0 Å². The number of hydrazine groups is 1. The summed E-state index contributed by atoms with van der Waals surface area (Å²) >= 11 is 0. The summed E-state index contributed by atoms with van der Waals surface area (Å²) < 4.78 is 50.3. The number of anilines is 1. The van der Waals surface area contributed by atoms with Crippen molar-refractivity contribution in [3.8, 4) is 0 Å². The van der Waals surface area contributed by atoms with Gasteiger partial charge < -0.3 is 0 Å². The highest BCUT2D eigenvalue weighted by molar-refractivity contribution is 7.90. The van der Waals surface area contributed by atoms with Crippen LogP contribution in [-0.4, -0.2) is 34.2 Å². The standard InChI is InChI=1S/C18H18N3O4S2/c1-26(22,23)18-11-8-16(9-12-18)19-21(20-27(2,24)25)17-10-7-14-5-3-4-6-15(14)13-17/h3-13H,1-2H3,(H,19,20)/q+1. The van der Waals surface area contributed by atoms with E-state index in [1.54, 1.807) is 18.2 Å². The zero-order chi connectivity index (χ0) is 19.7. The smallest absolute Gasteiger partial charge is 0.224 e. The van der Waals surface area contributed by atoms with Crippen molar-refractivity contribution < 1.29 is 21.6 Å². The maximum absolute atomic E-state index is 11.7. The van der Waals surface area contributed by atoms with Gasteiger partial charge >= 0.3 is 10.0 Å². The van der Waals surface area contributed by atoms with Gasteiger partial charge in [0.2, 0.25) is 0 Å². The van der Waals surface area contributed by atoms with E-state index in [1.165, 1.54) is 12.1 Å². The normalized spacial score (nSPS) is 12.9. The molecule has 0 saturated heterocycles. The molecule has 0 spiro atoms. The summed E-state index contributed by atoms with van der Waals surface area (Å²) in [5.41, 5.74) is 3.90. The average molecular weight is 404 g/mol. The molecule has 0 atom stereocenters. The van der Waals surface area contributed by atoms with Gasteiger partial charge in [0.05, 0.1) is 16.8 Å². The Morgan fingerprint density at radius 3 is 2.04 bits per heavy atom. The molecule has 0 radical (unpaired) electrons. The van der Waals surface area contributed by atoms with Crippen LogP contribution in [0.15, 0.2) is 76.1 Å². The fraction of sp³-hybridized carbons (Fsp3) is 0.111. The molecule has 0 heterocycles. The molecule has 0 aliphatic carbocycles. The molecule has 7 nitrogen and oxygen atoms in total. The number of fused-ring (bicyclic) bond motifs is 1. The van der Waals surface area contributed by atoms with Gasteiger partial charge in [0.1, 0.15) is 4.52 Å². The predicted octanol–water partition coefficient (Wildman–Crippen LogP) is 3.33. The van der Waals surface area contributed by atoms with Gasteiger partial charge in [-0.2, -0.15) is 8.42 Å². The number of benzene rings is 3. The number of nitrogens with zero attached hydrogens (tertiary/aromatic N) is 2. The number of sulfone groups is 1. The quantitative estimate of drug-likeness (QED) is 0.400. The Bertz CT molecular complexity index is 1230. The Morgan fingerprint density at radius 2 is 1.44 bits per heavy atom. The van der Waals surface area contributed by atoms with Crippen molar-refractivity contribution in [2.24, 2.45) is 4.52 Å². The van der Waals surface area contributed by atoms with Crippen molar-refractivity contribution in [3.63, 3.8) is 0 Å². The molecule has 27 heavy (non-hydrogen) atoms. The zero-order valence-electron chi connectivity index (χ0n) is 14.7. The maximum Gasteiger partial charge on any atom is 0.307 e. The molecule has 0 bridgehead atoms. The van der Waals surface area contributed by atoms with Crippen LogP contribution in [0, 0.1) is 0 Å². The van der Waals surface area contributed by atoms with Gasteiger partial charge in [0.25, 0.3) is 5.69 Å². The summed E-state index contributed by atoms with van der Waals surface area (Å²) in [5.74, 6) is 0. The first kappa shape index (κ1) is 19.0. The molecule has 3 aromatic rings. The average Bonchev–Trinajstić information content (AvgIpc) is 2.59. The summed E-state index contributed by atoms with van der Waals surface area (Å²) in [6.07, 6.45) is 2.12. The highest BCUT2D eigenvalue weighted by Gasteiger charge is 2.18. The Labute approximate surface area is 157 Å². The third-order valence-corrected chi connectivity index (χ3v) is 5.31. The second-order valence-electron chi connectivity index (χ2n) is 6.07. The summed E-state index contributed by atoms with van der Waals surface area (Å²) in [6.45, 7) is 0. The van der Waals surface area contributed by atoms with E-state index in [1.807, 2.05) is 36.4 Å². The van der Waals surface area contributed by atoms with Crippen LogP contribution in [0.2, 0.25) is 0 Å². The maximum atomic E-state index is 11.7. The Kier molecular flexibility index (Phi) is 4.99. The minimum absolute atomic E-state index is 0.172. The van der Waals surface area contributed by atoms with Gasteiger partial charge in [-0.25, -0.2) is 8.42 Å². The van der Waals surface area contributed by atoms with Crippen LogP contribution in [0.1, 0.15) is 0 Å². The summed E-state index contributed by atoms with van der Waals surface area (Å²) in [6, 6.07) is 19.1. The van der Waals surface area contributed by atoms with E-state index in [9.17, 15) is 16.8 Å². The highest BCUT2D eigenvalue weighted by Crippen LogP contribution is 2.23. The van der Waals surface area contributed by atoms with Crippen molar-refractivity contribution in [1.29, 1.82) is 0 Å². The van der Waals surface area contributed by atoms with Crippen molar-refractivity contribution in [2.45, 2.75) is 4.90 Å². The first-order valence-corrected chi connectivity index (χ1v) is 11.6. The van der Waals surface area contributed by atoms with Crippen LogP contribution in [-0.2, 0) is 19.9 Å². The van der Waals surface area contributed by atoms with Gasteiger partial charge in [-0.1, -0.05) is 24.3 Å². The van der Waals surface area contributed by atoms with Crippen LogP contribution in [0.3, 0.4) is 0 Å². The van der Waals surface area contributed by atoms with Crippen LogP contribution in [0.25, 0.3) is 10.8 Å². The van der Waals surface area contributed by atoms with Gasteiger partial charge in [-0.05, 0) is 41.1 Å². The molecule has 140 valence electrons.